The van der Waals surface area contributed by atoms with E-state index in [2.05, 4.69) is 20.2 Å². The van der Waals surface area contributed by atoms with Gasteiger partial charge in [0.15, 0.2) is 0 Å². The van der Waals surface area contributed by atoms with E-state index in [4.69, 9.17) is 10.5 Å². The van der Waals surface area contributed by atoms with E-state index in [-0.39, 0.29) is 5.69 Å². The summed E-state index contributed by atoms with van der Waals surface area (Å²) in [6.07, 6.45) is 1.28. The predicted molar refractivity (Wildman–Crippen MR) is 119 cm³/mol. The van der Waals surface area contributed by atoms with Gasteiger partial charge in [0.25, 0.3) is 0 Å². The Balaban J connectivity index is 1.42. The number of rotatable bonds is 5. The highest BCUT2D eigenvalue weighted by Gasteiger charge is 2.32. The number of halogens is 3. The monoisotopic (exact) mass is 460 g/mol. The molecule has 0 aliphatic carbocycles. The second-order valence-corrected chi connectivity index (χ2v) is 8.96. The van der Waals surface area contributed by atoms with E-state index in [0.717, 1.165) is 69.1 Å². The Morgan fingerprint density at radius 2 is 2.00 bits per heavy atom. The number of imidazole rings is 1. The molecule has 4 heterocycles. The van der Waals surface area contributed by atoms with Crippen molar-refractivity contribution in [2.45, 2.75) is 45.1 Å². The molecule has 2 aliphatic heterocycles. The third kappa shape index (κ3) is 4.49. The summed E-state index contributed by atoms with van der Waals surface area (Å²) in [5.74, 6) is 1.82. The number of hydrogen-bond donors (Lipinski definition) is 2. The molecule has 1 aromatic carbocycles. The molecule has 2 aromatic heterocycles. The molecule has 0 saturated carbocycles. The number of hydrogen-bond acceptors (Lipinski definition) is 6. The van der Waals surface area contributed by atoms with Crippen molar-refractivity contribution in [3.8, 4) is 0 Å². The van der Waals surface area contributed by atoms with E-state index in [1.54, 1.807) is 12.3 Å². The maximum atomic E-state index is 13.3. The van der Waals surface area contributed by atoms with E-state index in [1.165, 1.54) is 0 Å². The molecule has 3 aromatic rings. The standard InChI is InChI=1S/C23H27F3N6O/c1-14(16-8-17(23(24,25)26)10-18(27)9-16)29-21-19-12-31(11-15-2-6-33-7-3-15)13-20(19)32-5-4-28-22(32)30-21/h4-5,8-10,14-15H,2-3,6-7,11-13,27H2,1H3,(H,28,29,30). The first kappa shape index (κ1) is 22.0. The van der Waals surface area contributed by atoms with Gasteiger partial charge in [0, 0.05) is 62.2 Å². The molecule has 0 spiro atoms. The van der Waals surface area contributed by atoms with Crippen molar-refractivity contribution in [2.24, 2.45) is 5.92 Å². The van der Waals surface area contributed by atoms with Crippen LogP contribution in [-0.2, 0) is 24.0 Å². The highest BCUT2D eigenvalue weighted by Crippen LogP contribution is 2.35. The first-order valence-electron chi connectivity index (χ1n) is 11.2. The number of nitrogen functional groups attached to an aromatic ring is 1. The highest BCUT2D eigenvalue weighted by atomic mass is 19.4. The van der Waals surface area contributed by atoms with Gasteiger partial charge in [-0.05, 0) is 49.4 Å². The van der Waals surface area contributed by atoms with Gasteiger partial charge in [0.05, 0.1) is 11.6 Å². The Morgan fingerprint density at radius 3 is 2.76 bits per heavy atom. The zero-order valence-electron chi connectivity index (χ0n) is 18.4. The lowest BCUT2D eigenvalue weighted by Gasteiger charge is -2.26. The molecular weight excluding hydrogens is 433 g/mol. The van der Waals surface area contributed by atoms with Crippen LogP contribution in [0.5, 0.6) is 0 Å². The largest absolute Gasteiger partial charge is 0.416 e. The lowest BCUT2D eigenvalue weighted by atomic mass is 10.00. The summed E-state index contributed by atoms with van der Waals surface area (Å²) in [6, 6.07) is 3.24. The quantitative estimate of drug-likeness (QED) is 0.555. The Labute approximate surface area is 189 Å². The van der Waals surface area contributed by atoms with Crippen molar-refractivity contribution in [3.63, 3.8) is 0 Å². The third-order valence-electron chi connectivity index (χ3n) is 6.53. The number of nitrogens with two attached hydrogens (primary N) is 1. The van der Waals surface area contributed by atoms with Crippen LogP contribution in [0.15, 0.2) is 30.6 Å². The van der Waals surface area contributed by atoms with Gasteiger partial charge in [0.2, 0.25) is 5.78 Å². The van der Waals surface area contributed by atoms with Crippen LogP contribution in [0.25, 0.3) is 5.78 Å². The molecule has 10 heteroatoms. The molecule has 2 aliphatic rings. The molecule has 176 valence electrons. The van der Waals surface area contributed by atoms with Gasteiger partial charge in [-0.25, -0.2) is 4.98 Å². The van der Waals surface area contributed by atoms with Gasteiger partial charge >= 0.3 is 6.18 Å². The minimum Gasteiger partial charge on any atom is -0.399 e. The lowest BCUT2D eigenvalue weighted by Crippen LogP contribution is -2.29. The SMILES string of the molecule is CC(Nc1nc2nccn2c2c1CN(CC1CCOCC1)C2)c1cc(N)cc(C(F)(F)F)c1. The van der Waals surface area contributed by atoms with E-state index in [9.17, 15) is 13.2 Å². The molecule has 5 rings (SSSR count). The Morgan fingerprint density at radius 1 is 1.21 bits per heavy atom. The summed E-state index contributed by atoms with van der Waals surface area (Å²) < 4.78 is 47.3. The lowest BCUT2D eigenvalue weighted by molar-refractivity contribution is -0.137. The number of alkyl halides is 3. The first-order chi connectivity index (χ1) is 15.8. The fraction of sp³-hybridized carbons (Fsp3) is 0.478. The molecule has 1 saturated heterocycles. The average Bonchev–Trinajstić information content (AvgIpc) is 3.40. The number of aromatic nitrogens is 3. The van der Waals surface area contributed by atoms with Gasteiger partial charge in [-0.2, -0.15) is 18.2 Å². The minimum atomic E-state index is -4.46. The number of anilines is 2. The van der Waals surface area contributed by atoms with E-state index >= 15 is 0 Å². The third-order valence-corrected chi connectivity index (χ3v) is 6.53. The summed E-state index contributed by atoms with van der Waals surface area (Å²) in [5, 5.41) is 3.34. The smallest absolute Gasteiger partial charge is 0.399 e. The summed E-state index contributed by atoms with van der Waals surface area (Å²) in [5.41, 5.74) is 7.73. The number of benzene rings is 1. The van der Waals surface area contributed by atoms with Crippen molar-refractivity contribution in [2.75, 3.05) is 30.8 Å². The molecule has 33 heavy (non-hydrogen) atoms. The topological polar surface area (TPSA) is 80.7 Å². The first-order valence-corrected chi connectivity index (χ1v) is 11.2. The molecule has 7 nitrogen and oxygen atoms in total. The Kier molecular flexibility index (Phi) is 5.65. The van der Waals surface area contributed by atoms with Crippen LogP contribution < -0.4 is 11.1 Å². The number of fused-ring (bicyclic) bond motifs is 3. The fourth-order valence-electron chi connectivity index (χ4n) is 4.79. The molecule has 0 bridgehead atoms. The van der Waals surface area contributed by atoms with Crippen LogP contribution >= 0.6 is 0 Å². The summed E-state index contributed by atoms with van der Waals surface area (Å²) in [6.45, 7) is 5.92. The van der Waals surface area contributed by atoms with Gasteiger partial charge in [0.1, 0.15) is 5.82 Å². The molecule has 1 unspecified atom stereocenters. The molecule has 3 N–H and O–H groups in total. The van der Waals surface area contributed by atoms with E-state index in [1.807, 2.05) is 17.5 Å². The molecule has 1 fully saturated rings. The molecule has 0 radical (unpaired) electrons. The predicted octanol–water partition coefficient (Wildman–Crippen LogP) is 4.25. The van der Waals surface area contributed by atoms with Crippen molar-refractivity contribution in [1.82, 2.24) is 19.3 Å². The fourth-order valence-corrected chi connectivity index (χ4v) is 4.79. The second kappa shape index (κ2) is 8.49. The van der Waals surface area contributed by atoms with Gasteiger partial charge in [-0.3, -0.25) is 9.30 Å². The van der Waals surface area contributed by atoms with Gasteiger partial charge < -0.3 is 15.8 Å². The maximum absolute atomic E-state index is 13.3. The summed E-state index contributed by atoms with van der Waals surface area (Å²) >= 11 is 0. The highest BCUT2D eigenvalue weighted by molar-refractivity contribution is 5.56. The van der Waals surface area contributed by atoms with E-state index in [0.29, 0.717) is 23.1 Å². The normalized spacial score (nSPS) is 18.5. The van der Waals surface area contributed by atoms with E-state index < -0.39 is 17.8 Å². The summed E-state index contributed by atoms with van der Waals surface area (Å²) in [4.78, 5) is 11.4. The maximum Gasteiger partial charge on any atom is 0.416 e. The number of ether oxygens (including phenoxy) is 1. The van der Waals surface area contributed by atoms with Crippen LogP contribution in [0.4, 0.5) is 24.7 Å². The zero-order chi connectivity index (χ0) is 23.2. The van der Waals surface area contributed by atoms with Crippen LogP contribution in [0.3, 0.4) is 0 Å². The Bertz CT molecular complexity index is 1160. The van der Waals surface area contributed by atoms with Gasteiger partial charge in [-0.1, -0.05) is 0 Å². The van der Waals surface area contributed by atoms with Crippen LogP contribution in [-0.4, -0.2) is 39.0 Å². The van der Waals surface area contributed by atoms with Crippen molar-refractivity contribution < 1.29 is 17.9 Å². The summed E-state index contributed by atoms with van der Waals surface area (Å²) in [7, 11) is 0. The van der Waals surface area contributed by atoms with Crippen molar-refractivity contribution in [3.05, 3.63) is 53.0 Å². The van der Waals surface area contributed by atoms with Gasteiger partial charge in [-0.15, -0.1) is 0 Å². The zero-order valence-corrected chi connectivity index (χ0v) is 18.4. The van der Waals surface area contributed by atoms with Crippen molar-refractivity contribution in [1.29, 1.82) is 0 Å². The molecule has 1 atom stereocenters. The molecule has 0 amide bonds. The average molecular weight is 461 g/mol. The number of nitrogens with one attached hydrogen (secondary N) is 1. The number of nitrogens with zero attached hydrogens (tertiary/aromatic N) is 4. The van der Waals surface area contributed by atoms with Crippen LogP contribution in [0, 0.1) is 5.92 Å². The minimum absolute atomic E-state index is 0.0815. The van der Waals surface area contributed by atoms with Crippen LogP contribution in [0.2, 0.25) is 0 Å². The van der Waals surface area contributed by atoms with Crippen LogP contribution in [0.1, 0.15) is 48.2 Å². The second-order valence-electron chi connectivity index (χ2n) is 8.96. The Hall–Kier alpha value is -2.85. The molecular formula is C23H27F3N6O. The van der Waals surface area contributed by atoms with Crippen molar-refractivity contribution >= 4 is 17.3 Å².